The van der Waals surface area contributed by atoms with E-state index in [0.29, 0.717) is 37.1 Å². The van der Waals surface area contributed by atoms with E-state index in [4.69, 9.17) is 14.7 Å². The summed E-state index contributed by atoms with van der Waals surface area (Å²) in [7, 11) is 2.08. The Morgan fingerprint density at radius 2 is 1.44 bits per heavy atom. The average Bonchev–Trinajstić information content (AvgIpc) is 3.82. The first-order chi connectivity index (χ1) is 30.7. The van der Waals surface area contributed by atoms with Crippen molar-refractivity contribution in [3.63, 3.8) is 0 Å². The van der Waals surface area contributed by atoms with Crippen molar-refractivity contribution in [2.24, 2.45) is 7.05 Å². The lowest BCUT2D eigenvalue weighted by Crippen LogP contribution is -2.25. The van der Waals surface area contributed by atoms with Crippen molar-refractivity contribution in [1.82, 2.24) is 24.4 Å². The molecule has 0 aliphatic heterocycles. The number of aromatic nitrogens is 4. The summed E-state index contributed by atoms with van der Waals surface area (Å²) in [5, 5.41) is 3.15. The minimum Gasteiger partial charge on any atom is -0.458 e. The molecule has 1 amide bonds. The van der Waals surface area contributed by atoms with Crippen LogP contribution in [-0.2, 0) is 29.5 Å². The average molecular weight is 844 g/mol. The Balaban J connectivity index is 0.936. The van der Waals surface area contributed by atoms with Crippen LogP contribution in [0.2, 0.25) is 0 Å². The number of imidazole rings is 2. The van der Waals surface area contributed by atoms with Crippen molar-refractivity contribution in [3.8, 4) is 22.5 Å². The number of esters is 1. The molecule has 63 heavy (non-hydrogen) atoms. The van der Waals surface area contributed by atoms with E-state index in [1.165, 1.54) is 6.92 Å². The molecule has 0 saturated carbocycles. The van der Waals surface area contributed by atoms with E-state index in [1.807, 2.05) is 54.6 Å². The Morgan fingerprint density at radius 3 is 2.21 bits per heavy atom. The molecule has 0 spiro atoms. The number of para-hydroxylation sites is 2. The number of fused-ring (bicyclic) bond motifs is 2. The van der Waals surface area contributed by atoms with Crippen LogP contribution in [0.15, 0.2) is 109 Å². The first-order valence-corrected chi connectivity index (χ1v) is 22.8. The lowest BCUT2D eigenvalue weighted by atomic mass is 9.94. The fraction of sp³-hybridized carbons (Fsp3) is 0.352. The van der Waals surface area contributed by atoms with E-state index in [-0.39, 0.29) is 17.7 Å². The van der Waals surface area contributed by atoms with Gasteiger partial charge in [-0.2, -0.15) is 0 Å². The number of amides is 1. The molecule has 0 fully saturated rings. The van der Waals surface area contributed by atoms with Gasteiger partial charge in [0.25, 0.3) is 5.91 Å². The molecule has 9 heteroatoms. The third-order valence-electron chi connectivity index (χ3n) is 12.0. The van der Waals surface area contributed by atoms with Crippen LogP contribution in [0, 0.1) is 6.92 Å². The maximum Gasteiger partial charge on any atom is 0.303 e. The van der Waals surface area contributed by atoms with Crippen LogP contribution in [0.5, 0.6) is 0 Å². The summed E-state index contributed by atoms with van der Waals surface area (Å²) >= 11 is 0. The molecule has 1 N–H and O–H groups in total. The van der Waals surface area contributed by atoms with Crippen molar-refractivity contribution < 1.29 is 19.1 Å². The number of ketones is 1. The fourth-order valence-corrected chi connectivity index (χ4v) is 8.74. The van der Waals surface area contributed by atoms with Crippen molar-refractivity contribution in [3.05, 3.63) is 143 Å². The molecular formula is C54H61N5O4. The number of hydrogen-bond donors (Lipinski definition) is 1. The minimum absolute atomic E-state index is 0.0780. The number of ether oxygens (including phenoxy) is 1. The van der Waals surface area contributed by atoms with Crippen molar-refractivity contribution in [2.45, 2.75) is 111 Å². The van der Waals surface area contributed by atoms with Gasteiger partial charge in [-0.3, -0.25) is 14.4 Å². The summed E-state index contributed by atoms with van der Waals surface area (Å²) in [6.45, 7) is 9.12. The van der Waals surface area contributed by atoms with Crippen LogP contribution >= 0.6 is 0 Å². The quantitative estimate of drug-likeness (QED) is 0.0438. The van der Waals surface area contributed by atoms with Crippen molar-refractivity contribution in [1.29, 1.82) is 0 Å². The van der Waals surface area contributed by atoms with Gasteiger partial charge in [-0.15, -0.1) is 0 Å². The predicted molar refractivity (Wildman–Crippen MR) is 254 cm³/mol. The number of nitrogens with zero attached hydrogens (tertiary/aromatic N) is 4. The summed E-state index contributed by atoms with van der Waals surface area (Å²) in [6.07, 6.45) is 9.09. The second-order valence-corrected chi connectivity index (χ2v) is 16.8. The third kappa shape index (κ3) is 10.6. The second-order valence-electron chi connectivity index (χ2n) is 16.8. The fourth-order valence-electron chi connectivity index (χ4n) is 8.74. The predicted octanol–water partition coefficient (Wildman–Crippen LogP) is 12.3. The highest BCUT2D eigenvalue weighted by Crippen LogP contribution is 2.32. The molecule has 1 unspecified atom stereocenters. The Bertz CT molecular complexity index is 2690. The van der Waals surface area contributed by atoms with Gasteiger partial charge in [0, 0.05) is 62.2 Å². The molecule has 7 rings (SSSR count). The molecule has 5 aromatic carbocycles. The molecule has 0 saturated heterocycles. The van der Waals surface area contributed by atoms with Crippen LogP contribution < -0.4 is 5.32 Å². The molecule has 2 aromatic heterocycles. The molecule has 0 aliphatic carbocycles. The topological polar surface area (TPSA) is 108 Å². The second kappa shape index (κ2) is 21.1. The molecule has 9 nitrogen and oxygen atoms in total. The summed E-state index contributed by atoms with van der Waals surface area (Å²) in [4.78, 5) is 48.7. The van der Waals surface area contributed by atoms with Crippen LogP contribution in [-0.4, -0.2) is 43.3 Å². The number of aryl methyl sites for hydroxylation is 3. The maximum absolute atomic E-state index is 13.5. The molecule has 0 aliphatic rings. The number of unbranched alkanes of at least 4 members (excludes halogenated alkanes) is 5. The van der Waals surface area contributed by atoms with Gasteiger partial charge in [0.1, 0.15) is 17.8 Å². The number of benzene rings is 5. The number of rotatable bonds is 21. The van der Waals surface area contributed by atoms with Gasteiger partial charge in [0.05, 0.1) is 22.1 Å². The smallest absolute Gasteiger partial charge is 0.303 e. The first kappa shape index (κ1) is 44.7. The molecule has 0 radical (unpaired) electrons. The lowest BCUT2D eigenvalue weighted by Gasteiger charge is -2.20. The molecular weight excluding hydrogens is 783 g/mol. The molecule has 2 heterocycles. The van der Waals surface area contributed by atoms with Gasteiger partial charge in [0.15, 0.2) is 5.78 Å². The maximum atomic E-state index is 13.5. The largest absolute Gasteiger partial charge is 0.458 e. The molecule has 1 atom stereocenters. The highest BCUT2D eigenvalue weighted by atomic mass is 16.5. The van der Waals surface area contributed by atoms with Gasteiger partial charge < -0.3 is 19.2 Å². The summed E-state index contributed by atoms with van der Waals surface area (Å²) in [5.74, 6) is 1.69. The number of hydrogen-bond acceptors (Lipinski definition) is 6. The number of Topliss-reactive ketones (excluding diaryl/α,β-unsaturated/α-hetero) is 1. The molecule has 0 bridgehead atoms. The Labute approximate surface area is 371 Å². The van der Waals surface area contributed by atoms with Gasteiger partial charge in [-0.05, 0) is 91.6 Å². The molecule has 326 valence electrons. The van der Waals surface area contributed by atoms with Crippen LogP contribution in [0.1, 0.15) is 134 Å². The van der Waals surface area contributed by atoms with Crippen LogP contribution in [0.3, 0.4) is 0 Å². The Hall–Kier alpha value is -6.35. The van der Waals surface area contributed by atoms with Gasteiger partial charge in [0.2, 0.25) is 0 Å². The van der Waals surface area contributed by atoms with E-state index >= 15 is 0 Å². The molecule has 7 aromatic rings. The van der Waals surface area contributed by atoms with E-state index in [0.717, 1.165) is 125 Å². The highest BCUT2D eigenvalue weighted by Gasteiger charge is 2.22. The number of carbonyl (C=O) groups excluding carboxylic acids is 3. The zero-order valence-electron chi connectivity index (χ0n) is 37.6. The van der Waals surface area contributed by atoms with Gasteiger partial charge in [-0.25, -0.2) is 9.97 Å². The number of nitrogens with one attached hydrogen (secondary N) is 1. The summed E-state index contributed by atoms with van der Waals surface area (Å²) in [6, 6.07) is 36.6. The van der Waals surface area contributed by atoms with Crippen molar-refractivity contribution in [2.75, 3.05) is 6.54 Å². The van der Waals surface area contributed by atoms with E-state index < -0.39 is 6.10 Å². The van der Waals surface area contributed by atoms with Gasteiger partial charge in [-0.1, -0.05) is 118 Å². The van der Waals surface area contributed by atoms with E-state index in [2.05, 4.69) is 96.9 Å². The number of carbonyl (C=O) groups is 3. The Kier molecular flexibility index (Phi) is 15.0. The standard InChI is InChI=1S/C54H61N5O4/c1-6-8-28-50(63-38(4)60)44-23-15-14-22-43(44)49(61)27-12-10-9-11-19-33-55-54(62)45-24-16-13-21-42(45)40-31-29-39(30-32-40)36-59-48-35-41(34-37(3)52(48)57-51(59)20-7-2)53-56-46-25-17-18-26-47(46)58(53)5/h13-18,21-26,29-32,34-35,50H,6-12,19-20,27-28,33,36H2,1-5H3,(H,55,62). The van der Waals surface area contributed by atoms with E-state index in [9.17, 15) is 14.4 Å². The van der Waals surface area contributed by atoms with Crippen molar-refractivity contribution >= 4 is 39.7 Å². The van der Waals surface area contributed by atoms with E-state index in [1.54, 1.807) is 0 Å². The van der Waals surface area contributed by atoms with Crippen LogP contribution in [0.4, 0.5) is 0 Å². The highest BCUT2D eigenvalue weighted by molar-refractivity contribution is 6.01. The first-order valence-electron chi connectivity index (χ1n) is 22.8. The van der Waals surface area contributed by atoms with Gasteiger partial charge >= 0.3 is 5.97 Å². The summed E-state index contributed by atoms with van der Waals surface area (Å²) < 4.78 is 10.1. The van der Waals surface area contributed by atoms with Crippen LogP contribution in [0.25, 0.3) is 44.6 Å². The summed E-state index contributed by atoms with van der Waals surface area (Å²) in [5.41, 5.74) is 11.6. The Morgan fingerprint density at radius 1 is 0.730 bits per heavy atom. The SMILES string of the molecule is CCCCC(OC(C)=O)c1ccccc1C(=O)CCCCCCCNC(=O)c1ccccc1-c1ccc(Cn2c(CCC)nc3c(C)cc(-c4nc5ccccc5n4C)cc32)cc1. The minimum atomic E-state index is -0.399. The lowest BCUT2D eigenvalue weighted by molar-refractivity contribution is -0.147. The third-order valence-corrected chi connectivity index (χ3v) is 12.0. The zero-order valence-corrected chi connectivity index (χ0v) is 37.6. The monoisotopic (exact) mass is 843 g/mol. The zero-order chi connectivity index (χ0) is 44.3. The normalized spacial score (nSPS) is 11.9.